The first-order valence-electron chi connectivity index (χ1n) is 7.79. The maximum atomic E-state index is 12.5. The van der Waals surface area contributed by atoms with Gasteiger partial charge in [0.1, 0.15) is 6.54 Å². The number of carbonyl (C=O) groups excluding carboxylic acids is 1. The normalized spacial score (nSPS) is 18.8. The fourth-order valence-corrected chi connectivity index (χ4v) is 3.25. The van der Waals surface area contributed by atoms with Crippen molar-refractivity contribution in [1.82, 2.24) is 19.8 Å². The molecule has 2 N–H and O–H groups in total. The zero-order chi connectivity index (χ0) is 15.5. The van der Waals surface area contributed by atoms with Crippen LogP contribution < -0.4 is 11.0 Å². The average molecular weight is 302 g/mol. The summed E-state index contributed by atoms with van der Waals surface area (Å²) in [7, 11) is 1.94. The molecule has 1 aromatic heterocycles. The number of aromatic nitrogens is 2. The first kappa shape index (κ1) is 14.8. The number of imidazole rings is 1. The van der Waals surface area contributed by atoms with Crippen LogP contribution >= 0.6 is 0 Å². The van der Waals surface area contributed by atoms with Gasteiger partial charge in [-0.1, -0.05) is 12.1 Å². The predicted octanol–water partition coefficient (Wildman–Crippen LogP) is 0.788. The molecule has 6 heteroatoms. The van der Waals surface area contributed by atoms with Gasteiger partial charge in [-0.3, -0.25) is 9.36 Å². The smallest absolute Gasteiger partial charge is 0.326 e. The zero-order valence-corrected chi connectivity index (χ0v) is 12.8. The van der Waals surface area contributed by atoms with Gasteiger partial charge in [0.15, 0.2) is 0 Å². The molecule has 1 aromatic carbocycles. The molecule has 0 bridgehead atoms. The Bertz CT molecular complexity index is 716. The number of hydrogen-bond donors (Lipinski definition) is 2. The van der Waals surface area contributed by atoms with Crippen LogP contribution in [-0.4, -0.2) is 47.0 Å². The van der Waals surface area contributed by atoms with E-state index in [0.29, 0.717) is 5.92 Å². The third kappa shape index (κ3) is 2.92. The summed E-state index contributed by atoms with van der Waals surface area (Å²) in [5, 5.41) is 3.18. The second kappa shape index (κ2) is 6.36. The Morgan fingerprint density at radius 3 is 3.05 bits per heavy atom. The monoisotopic (exact) mass is 302 g/mol. The molecule has 1 amide bonds. The topological polar surface area (TPSA) is 70.1 Å². The number of hydrogen-bond acceptors (Lipinski definition) is 3. The van der Waals surface area contributed by atoms with Crippen molar-refractivity contribution in [3.63, 3.8) is 0 Å². The van der Waals surface area contributed by atoms with Crippen LogP contribution in [0.5, 0.6) is 0 Å². The molecule has 1 saturated heterocycles. The number of fused-ring (bicyclic) bond motifs is 1. The molecule has 3 rings (SSSR count). The van der Waals surface area contributed by atoms with Crippen molar-refractivity contribution in [1.29, 1.82) is 0 Å². The molecule has 0 spiro atoms. The highest BCUT2D eigenvalue weighted by atomic mass is 16.2. The molecule has 22 heavy (non-hydrogen) atoms. The summed E-state index contributed by atoms with van der Waals surface area (Å²) < 4.78 is 1.53. The van der Waals surface area contributed by atoms with E-state index < -0.39 is 0 Å². The number of benzene rings is 1. The third-order valence-corrected chi connectivity index (χ3v) is 4.34. The van der Waals surface area contributed by atoms with Crippen molar-refractivity contribution in [3.8, 4) is 0 Å². The van der Waals surface area contributed by atoms with Crippen molar-refractivity contribution in [3.05, 3.63) is 34.7 Å². The van der Waals surface area contributed by atoms with Crippen molar-refractivity contribution < 1.29 is 4.79 Å². The molecule has 0 aliphatic carbocycles. The minimum Gasteiger partial charge on any atom is -0.341 e. The molecule has 0 unspecified atom stereocenters. The Hall–Kier alpha value is -2.08. The van der Waals surface area contributed by atoms with E-state index in [1.807, 2.05) is 36.2 Å². The van der Waals surface area contributed by atoms with E-state index in [2.05, 4.69) is 10.3 Å². The van der Waals surface area contributed by atoms with Crippen LogP contribution in [0, 0.1) is 5.92 Å². The highest BCUT2D eigenvalue weighted by Crippen LogP contribution is 2.16. The number of nitrogens with zero attached hydrogens (tertiary/aromatic N) is 2. The van der Waals surface area contributed by atoms with Crippen LogP contribution in [-0.2, 0) is 11.3 Å². The van der Waals surface area contributed by atoms with Crippen LogP contribution in [0.25, 0.3) is 11.0 Å². The van der Waals surface area contributed by atoms with Gasteiger partial charge in [-0.2, -0.15) is 0 Å². The molecule has 6 nitrogen and oxygen atoms in total. The summed E-state index contributed by atoms with van der Waals surface area (Å²) in [6.45, 7) is 2.60. The van der Waals surface area contributed by atoms with Gasteiger partial charge in [0.05, 0.1) is 11.0 Å². The lowest BCUT2D eigenvalue weighted by molar-refractivity contribution is -0.133. The molecule has 2 heterocycles. The first-order chi connectivity index (χ1) is 10.7. The van der Waals surface area contributed by atoms with Crippen LogP contribution in [0.3, 0.4) is 0 Å². The Morgan fingerprint density at radius 2 is 2.23 bits per heavy atom. The van der Waals surface area contributed by atoms with Crippen LogP contribution in [0.1, 0.15) is 12.8 Å². The summed E-state index contributed by atoms with van der Waals surface area (Å²) in [5.74, 6) is 0.523. The largest absolute Gasteiger partial charge is 0.341 e. The fourth-order valence-electron chi connectivity index (χ4n) is 3.25. The summed E-state index contributed by atoms with van der Waals surface area (Å²) in [6.07, 6.45) is 2.18. The molecule has 118 valence electrons. The molecule has 1 aliphatic heterocycles. The standard InChI is InChI=1S/C16H22N4O2/c1-17-9-12-5-4-8-19(10-12)15(21)11-20-14-7-3-2-6-13(14)18-16(20)22/h2-3,6-7,12,17H,4-5,8-11H2,1H3,(H,18,22)/t12-/m1/s1. The average Bonchev–Trinajstić information content (AvgIpc) is 2.84. The minimum atomic E-state index is -0.224. The summed E-state index contributed by atoms with van der Waals surface area (Å²) in [5.41, 5.74) is 1.33. The molecule has 0 radical (unpaired) electrons. The fraction of sp³-hybridized carbons (Fsp3) is 0.500. The van der Waals surface area contributed by atoms with E-state index in [-0.39, 0.29) is 18.1 Å². The first-order valence-corrected chi connectivity index (χ1v) is 7.79. The molecule has 0 saturated carbocycles. The summed E-state index contributed by atoms with van der Waals surface area (Å²) in [4.78, 5) is 29.3. The Morgan fingerprint density at radius 1 is 1.41 bits per heavy atom. The second-order valence-corrected chi connectivity index (χ2v) is 5.94. The molecular weight excluding hydrogens is 280 g/mol. The van der Waals surface area contributed by atoms with Gasteiger partial charge in [-0.05, 0) is 44.5 Å². The van der Waals surface area contributed by atoms with Gasteiger partial charge in [0, 0.05) is 13.1 Å². The van der Waals surface area contributed by atoms with Crippen molar-refractivity contribution in [2.45, 2.75) is 19.4 Å². The number of para-hydroxylation sites is 2. The van der Waals surface area contributed by atoms with E-state index in [1.165, 1.54) is 4.57 Å². The van der Waals surface area contributed by atoms with E-state index in [4.69, 9.17) is 0 Å². The molecule has 1 atom stereocenters. The molecule has 1 fully saturated rings. The van der Waals surface area contributed by atoms with Crippen LogP contribution in [0.15, 0.2) is 29.1 Å². The van der Waals surface area contributed by atoms with E-state index in [9.17, 15) is 9.59 Å². The lowest BCUT2D eigenvalue weighted by Gasteiger charge is -2.32. The SMILES string of the molecule is CNC[C@H]1CCCN(C(=O)Cn2c(=O)[nH]c3ccccc32)C1. The molecular formula is C16H22N4O2. The Labute approximate surface area is 129 Å². The van der Waals surface area contributed by atoms with Gasteiger partial charge in [0.2, 0.25) is 5.91 Å². The van der Waals surface area contributed by atoms with Crippen molar-refractivity contribution in [2.75, 3.05) is 26.7 Å². The van der Waals surface area contributed by atoms with Gasteiger partial charge < -0.3 is 15.2 Å². The van der Waals surface area contributed by atoms with E-state index in [1.54, 1.807) is 0 Å². The lowest BCUT2D eigenvalue weighted by atomic mass is 9.98. The maximum absolute atomic E-state index is 12.5. The number of rotatable bonds is 4. The van der Waals surface area contributed by atoms with Crippen LogP contribution in [0.4, 0.5) is 0 Å². The number of likely N-dealkylation sites (tertiary alicyclic amines) is 1. The number of piperidine rings is 1. The highest BCUT2D eigenvalue weighted by Gasteiger charge is 2.24. The summed E-state index contributed by atoms with van der Waals surface area (Å²) >= 11 is 0. The van der Waals surface area contributed by atoms with E-state index >= 15 is 0 Å². The number of carbonyl (C=O) groups is 1. The predicted molar refractivity (Wildman–Crippen MR) is 85.8 cm³/mol. The zero-order valence-electron chi connectivity index (χ0n) is 12.8. The minimum absolute atomic E-state index is 0.0210. The Balaban J connectivity index is 1.75. The maximum Gasteiger partial charge on any atom is 0.326 e. The van der Waals surface area contributed by atoms with Gasteiger partial charge in [-0.15, -0.1) is 0 Å². The Kier molecular flexibility index (Phi) is 4.29. The second-order valence-electron chi connectivity index (χ2n) is 5.94. The third-order valence-electron chi connectivity index (χ3n) is 4.34. The van der Waals surface area contributed by atoms with E-state index in [0.717, 1.165) is 43.5 Å². The van der Waals surface area contributed by atoms with Crippen LogP contribution in [0.2, 0.25) is 0 Å². The van der Waals surface area contributed by atoms with Gasteiger partial charge >= 0.3 is 5.69 Å². The molecule has 2 aromatic rings. The number of H-pyrrole nitrogens is 1. The summed E-state index contributed by atoms with van der Waals surface area (Å²) in [6, 6.07) is 7.46. The number of amides is 1. The van der Waals surface area contributed by atoms with Crippen molar-refractivity contribution in [2.24, 2.45) is 5.92 Å². The number of aromatic amines is 1. The van der Waals surface area contributed by atoms with Crippen molar-refractivity contribution >= 4 is 16.9 Å². The van der Waals surface area contributed by atoms with Gasteiger partial charge in [0.25, 0.3) is 0 Å². The molecule has 1 aliphatic rings. The van der Waals surface area contributed by atoms with Gasteiger partial charge in [-0.25, -0.2) is 4.79 Å². The highest BCUT2D eigenvalue weighted by molar-refractivity contribution is 5.80. The quantitative estimate of drug-likeness (QED) is 0.877. The lowest BCUT2D eigenvalue weighted by Crippen LogP contribution is -2.44. The number of nitrogens with one attached hydrogen (secondary N) is 2.